The zero-order chi connectivity index (χ0) is 14.8. The van der Waals surface area contributed by atoms with Gasteiger partial charge in [0.25, 0.3) is 5.91 Å². The molecule has 3 N–H and O–H groups in total. The number of rotatable bonds is 3. The standard InChI is InChI=1S/C16H21N3O2/c1-19(10-11-4-6-21-7-5-11)16(20)14-9-18-15-3-2-12(17)8-13(14)15/h2-3,8-9,11,18H,4-7,10,17H2,1H3. The summed E-state index contributed by atoms with van der Waals surface area (Å²) in [4.78, 5) is 17.6. The van der Waals surface area contributed by atoms with E-state index >= 15 is 0 Å². The highest BCUT2D eigenvalue weighted by Gasteiger charge is 2.21. The van der Waals surface area contributed by atoms with E-state index < -0.39 is 0 Å². The third-order valence-corrected chi connectivity index (χ3v) is 4.16. The predicted molar refractivity (Wildman–Crippen MR) is 83.2 cm³/mol. The van der Waals surface area contributed by atoms with E-state index in [0.717, 1.165) is 43.5 Å². The van der Waals surface area contributed by atoms with E-state index in [1.165, 1.54) is 0 Å². The molecule has 0 saturated carbocycles. The van der Waals surface area contributed by atoms with Crippen molar-refractivity contribution >= 4 is 22.5 Å². The number of nitrogen functional groups attached to an aromatic ring is 1. The minimum atomic E-state index is 0.0401. The number of nitrogens with zero attached hydrogens (tertiary/aromatic N) is 1. The van der Waals surface area contributed by atoms with Gasteiger partial charge in [-0.15, -0.1) is 0 Å². The maximum Gasteiger partial charge on any atom is 0.255 e. The largest absolute Gasteiger partial charge is 0.399 e. The molecule has 1 aliphatic heterocycles. The van der Waals surface area contributed by atoms with Crippen LogP contribution in [0.1, 0.15) is 23.2 Å². The monoisotopic (exact) mass is 287 g/mol. The van der Waals surface area contributed by atoms with Crippen molar-refractivity contribution in [2.24, 2.45) is 5.92 Å². The highest BCUT2D eigenvalue weighted by Crippen LogP contribution is 2.23. The van der Waals surface area contributed by atoms with Crippen LogP contribution in [0.5, 0.6) is 0 Å². The number of aromatic amines is 1. The Kier molecular flexibility index (Phi) is 3.84. The molecular formula is C16H21N3O2. The first-order chi connectivity index (χ1) is 10.1. The average molecular weight is 287 g/mol. The van der Waals surface area contributed by atoms with Crippen LogP contribution < -0.4 is 5.73 Å². The summed E-state index contributed by atoms with van der Waals surface area (Å²) in [6, 6.07) is 5.58. The first-order valence-electron chi connectivity index (χ1n) is 7.35. The maximum absolute atomic E-state index is 12.6. The van der Waals surface area contributed by atoms with E-state index in [1.54, 1.807) is 6.20 Å². The molecule has 1 saturated heterocycles. The number of hydrogen-bond acceptors (Lipinski definition) is 3. The smallest absolute Gasteiger partial charge is 0.255 e. The summed E-state index contributed by atoms with van der Waals surface area (Å²) in [5, 5.41) is 0.888. The zero-order valence-corrected chi connectivity index (χ0v) is 12.3. The topological polar surface area (TPSA) is 71.3 Å². The van der Waals surface area contributed by atoms with Crippen molar-refractivity contribution in [2.75, 3.05) is 32.5 Å². The van der Waals surface area contributed by atoms with Gasteiger partial charge in [-0.05, 0) is 37.0 Å². The van der Waals surface area contributed by atoms with E-state index in [-0.39, 0.29) is 5.91 Å². The number of ether oxygens (including phenoxy) is 1. The van der Waals surface area contributed by atoms with Crippen LogP contribution in [0.4, 0.5) is 5.69 Å². The van der Waals surface area contributed by atoms with Gasteiger partial charge in [0.05, 0.1) is 5.56 Å². The molecule has 0 aliphatic carbocycles. The van der Waals surface area contributed by atoms with Gasteiger partial charge in [-0.1, -0.05) is 0 Å². The molecule has 0 radical (unpaired) electrons. The van der Waals surface area contributed by atoms with Gasteiger partial charge >= 0.3 is 0 Å². The SMILES string of the molecule is CN(CC1CCOCC1)C(=O)c1c[nH]c2ccc(N)cc12. The van der Waals surface area contributed by atoms with E-state index in [1.807, 2.05) is 30.1 Å². The number of anilines is 1. The summed E-state index contributed by atoms with van der Waals surface area (Å²) >= 11 is 0. The Morgan fingerprint density at radius 2 is 2.19 bits per heavy atom. The first kappa shape index (κ1) is 13.9. The lowest BCUT2D eigenvalue weighted by atomic mass is 9.99. The van der Waals surface area contributed by atoms with Crippen LogP contribution in [-0.2, 0) is 4.74 Å². The van der Waals surface area contributed by atoms with Crippen molar-refractivity contribution < 1.29 is 9.53 Å². The second-order valence-electron chi connectivity index (χ2n) is 5.75. The van der Waals surface area contributed by atoms with Gasteiger partial charge in [0.2, 0.25) is 0 Å². The molecule has 0 spiro atoms. The second-order valence-corrected chi connectivity index (χ2v) is 5.75. The Morgan fingerprint density at radius 1 is 1.43 bits per heavy atom. The molecule has 112 valence electrons. The Hall–Kier alpha value is -2.01. The number of H-pyrrole nitrogens is 1. The normalized spacial score (nSPS) is 16.2. The molecular weight excluding hydrogens is 266 g/mol. The summed E-state index contributed by atoms with van der Waals surface area (Å²) in [6.07, 6.45) is 3.82. The third-order valence-electron chi connectivity index (χ3n) is 4.16. The summed E-state index contributed by atoms with van der Waals surface area (Å²) < 4.78 is 5.36. The van der Waals surface area contributed by atoms with Crippen LogP contribution in [-0.4, -0.2) is 42.6 Å². The zero-order valence-electron chi connectivity index (χ0n) is 12.3. The molecule has 21 heavy (non-hydrogen) atoms. The van der Waals surface area contributed by atoms with Crippen molar-refractivity contribution in [3.8, 4) is 0 Å². The summed E-state index contributed by atoms with van der Waals surface area (Å²) in [5.74, 6) is 0.571. The molecule has 0 unspecified atom stereocenters. The van der Waals surface area contributed by atoms with Gasteiger partial charge in [-0.2, -0.15) is 0 Å². The van der Waals surface area contributed by atoms with Gasteiger partial charge in [0.1, 0.15) is 0 Å². The van der Waals surface area contributed by atoms with Crippen LogP contribution in [0.2, 0.25) is 0 Å². The van der Waals surface area contributed by atoms with Gasteiger partial charge < -0.3 is 20.4 Å². The van der Waals surface area contributed by atoms with Gasteiger partial charge in [0.15, 0.2) is 0 Å². The molecule has 2 heterocycles. The van der Waals surface area contributed by atoms with Crippen LogP contribution in [0.15, 0.2) is 24.4 Å². The van der Waals surface area contributed by atoms with Crippen LogP contribution in [0.3, 0.4) is 0 Å². The molecule has 1 aromatic carbocycles. The van der Waals surface area contributed by atoms with E-state index in [0.29, 0.717) is 17.2 Å². The highest BCUT2D eigenvalue weighted by molar-refractivity contribution is 6.07. The number of aromatic nitrogens is 1. The Morgan fingerprint density at radius 3 is 2.95 bits per heavy atom. The van der Waals surface area contributed by atoms with Crippen molar-refractivity contribution in [2.45, 2.75) is 12.8 Å². The number of carbonyl (C=O) groups excluding carboxylic acids is 1. The average Bonchev–Trinajstić information content (AvgIpc) is 2.90. The number of amides is 1. The van der Waals surface area contributed by atoms with Crippen LogP contribution in [0.25, 0.3) is 10.9 Å². The van der Waals surface area contributed by atoms with Crippen molar-refractivity contribution in [3.63, 3.8) is 0 Å². The molecule has 1 aromatic heterocycles. The second kappa shape index (κ2) is 5.77. The molecule has 1 amide bonds. The number of fused-ring (bicyclic) bond motifs is 1. The lowest BCUT2D eigenvalue weighted by Gasteiger charge is -2.27. The number of hydrogen-bond donors (Lipinski definition) is 2. The molecule has 1 fully saturated rings. The highest BCUT2D eigenvalue weighted by atomic mass is 16.5. The number of carbonyl (C=O) groups is 1. The van der Waals surface area contributed by atoms with Crippen molar-refractivity contribution in [3.05, 3.63) is 30.0 Å². The predicted octanol–water partition coefficient (Wildman–Crippen LogP) is 2.25. The fourth-order valence-electron chi connectivity index (χ4n) is 2.92. The van der Waals surface area contributed by atoms with Gasteiger partial charge in [-0.3, -0.25) is 4.79 Å². The van der Waals surface area contributed by atoms with E-state index in [9.17, 15) is 4.79 Å². The Balaban J connectivity index is 1.77. The van der Waals surface area contributed by atoms with E-state index in [2.05, 4.69) is 4.98 Å². The van der Waals surface area contributed by atoms with Gasteiger partial charge in [0, 0.05) is 49.6 Å². The number of nitrogens with two attached hydrogens (primary N) is 1. The Bertz CT molecular complexity index is 644. The minimum Gasteiger partial charge on any atom is -0.399 e. The molecule has 3 rings (SSSR count). The molecule has 5 nitrogen and oxygen atoms in total. The summed E-state index contributed by atoms with van der Waals surface area (Å²) in [5.41, 5.74) is 8.12. The summed E-state index contributed by atoms with van der Waals surface area (Å²) in [7, 11) is 1.86. The number of benzene rings is 1. The van der Waals surface area contributed by atoms with Crippen LogP contribution in [0, 0.1) is 5.92 Å². The van der Waals surface area contributed by atoms with Crippen molar-refractivity contribution in [1.82, 2.24) is 9.88 Å². The molecule has 0 atom stereocenters. The van der Waals surface area contributed by atoms with Gasteiger partial charge in [-0.25, -0.2) is 0 Å². The lowest BCUT2D eigenvalue weighted by Crippen LogP contribution is -2.34. The maximum atomic E-state index is 12.6. The quantitative estimate of drug-likeness (QED) is 0.851. The lowest BCUT2D eigenvalue weighted by molar-refractivity contribution is 0.0498. The van der Waals surface area contributed by atoms with Crippen molar-refractivity contribution in [1.29, 1.82) is 0 Å². The minimum absolute atomic E-state index is 0.0401. The molecule has 0 bridgehead atoms. The number of nitrogens with one attached hydrogen (secondary N) is 1. The fourth-order valence-corrected chi connectivity index (χ4v) is 2.92. The third kappa shape index (κ3) is 2.88. The molecule has 1 aliphatic rings. The Labute approximate surface area is 124 Å². The van der Waals surface area contributed by atoms with E-state index in [4.69, 9.17) is 10.5 Å². The summed E-state index contributed by atoms with van der Waals surface area (Å²) in [6.45, 7) is 2.38. The fraction of sp³-hybridized carbons (Fsp3) is 0.438. The van der Waals surface area contributed by atoms with Crippen LogP contribution >= 0.6 is 0 Å². The first-order valence-corrected chi connectivity index (χ1v) is 7.35. The molecule has 5 heteroatoms. The molecule has 2 aromatic rings.